The highest BCUT2D eigenvalue weighted by molar-refractivity contribution is 5.72. The first-order valence-electron chi connectivity index (χ1n) is 6.24. The van der Waals surface area contributed by atoms with Gasteiger partial charge in [0.15, 0.2) is 0 Å². The number of benzene rings is 1. The fourth-order valence-corrected chi connectivity index (χ4v) is 1.86. The van der Waals surface area contributed by atoms with Gasteiger partial charge in [-0.25, -0.2) is 0 Å². The number of amides is 1. The highest BCUT2D eigenvalue weighted by Crippen LogP contribution is 2.20. The maximum absolute atomic E-state index is 10.7. The van der Waals surface area contributed by atoms with Crippen molar-refractivity contribution in [2.24, 2.45) is 0 Å². The number of hydrogen-bond acceptors (Lipinski definition) is 1. The molecule has 0 bridgehead atoms. The fourth-order valence-electron chi connectivity index (χ4n) is 1.86. The lowest BCUT2D eigenvalue weighted by molar-refractivity contribution is -0.118. The molecule has 2 heteroatoms. The Morgan fingerprint density at radius 3 is 2.22 bits per heavy atom. The summed E-state index contributed by atoms with van der Waals surface area (Å²) >= 11 is 0. The summed E-state index contributed by atoms with van der Waals surface area (Å²) in [6.45, 7) is 10.6. The Morgan fingerprint density at radius 2 is 1.72 bits per heavy atom. The van der Waals surface area contributed by atoms with E-state index in [1.54, 1.807) is 0 Å². The van der Waals surface area contributed by atoms with Crippen molar-refractivity contribution in [3.63, 3.8) is 0 Å². The molecule has 0 saturated carbocycles. The zero-order valence-electron chi connectivity index (χ0n) is 11.9. The maximum Gasteiger partial charge on any atom is 0.216 e. The minimum Gasteiger partial charge on any atom is -0.355 e. The molecule has 2 nitrogen and oxygen atoms in total. The molecule has 0 atom stereocenters. The van der Waals surface area contributed by atoms with Gasteiger partial charge < -0.3 is 5.32 Å². The molecule has 0 unspecified atom stereocenters. The van der Waals surface area contributed by atoms with Gasteiger partial charge in [-0.2, -0.15) is 0 Å². The van der Waals surface area contributed by atoms with E-state index in [9.17, 15) is 4.79 Å². The van der Waals surface area contributed by atoms with Crippen LogP contribution in [0, 0.1) is 39.5 Å². The third-order valence-corrected chi connectivity index (χ3v) is 3.20. The molecule has 18 heavy (non-hydrogen) atoms. The molecular formula is C16H21NO. The van der Waals surface area contributed by atoms with E-state index < -0.39 is 0 Å². The Balaban J connectivity index is 2.85. The first-order valence-corrected chi connectivity index (χ1v) is 6.24. The minimum absolute atomic E-state index is 0.00411. The third-order valence-electron chi connectivity index (χ3n) is 3.20. The maximum atomic E-state index is 10.7. The van der Waals surface area contributed by atoms with E-state index in [2.05, 4.69) is 50.9 Å². The van der Waals surface area contributed by atoms with Crippen LogP contribution in [0.15, 0.2) is 6.07 Å². The average molecular weight is 243 g/mol. The van der Waals surface area contributed by atoms with Crippen molar-refractivity contribution in [2.75, 3.05) is 6.54 Å². The molecule has 0 aromatic heterocycles. The van der Waals surface area contributed by atoms with E-state index in [1.165, 1.54) is 29.2 Å². The Morgan fingerprint density at radius 1 is 1.17 bits per heavy atom. The van der Waals surface area contributed by atoms with E-state index in [1.807, 2.05) is 0 Å². The molecule has 96 valence electrons. The van der Waals surface area contributed by atoms with Crippen LogP contribution in [0.4, 0.5) is 0 Å². The van der Waals surface area contributed by atoms with Gasteiger partial charge in [0.05, 0.1) is 0 Å². The lowest BCUT2D eigenvalue weighted by Gasteiger charge is -2.10. The quantitative estimate of drug-likeness (QED) is 0.628. The van der Waals surface area contributed by atoms with Crippen LogP contribution in [-0.4, -0.2) is 12.5 Å². The monoisotopic (exact) mass is 243 g/mol. The summed E-state index contributed by atoms with van der Waals surface area (Å²) in [7, 11) is 0. The summed E-state index contributed by atoms with van der Waals surface area (Å²) < 4.78 is 0. The van der Waals surface area contributed by atoms with Crippen LogP contribution < -0.4 is 5.32 Å². The summed E-state index contributed by atoms with van der Waals surface area (Å²) in [6, 6.07) is 2.20. The smallest absolute Gasteiger partial charge is 0.216 e. The second kappa shape index (κ2) is 6.26. The number of nitrogens with one attached hydrogen (secondary N) is 1. The number of rotatable bonds is 2. The van der Waals surface area contributed by atoms with Gasteiger partial charge in [-0.1, -0.05) is 17.9 Å². The molecule has 1 amide bonds. The molecule has 1 aromatic carbocycles. The van der Waals surface area contributed by atoms with Crippen LogP contribution >= 0.6 is 0 Å². The van der Waals surface area contributed by atoms with Crippen LogP contribution in [0.5, 0.6) is 0 Å². The van der Waals surface area contributed by atoms with Crippen molar-refractivity contribution >= 4 is 5.91 Å². The molecule has 0 radical (unpaired) electrons. The summed E-state index contributed by atoms with van der Waals surface area (Å²) in [5, 5.41) is 2.74. The minimum atomic E-state index is -0.00411. The van der Waals surface area contributed by atoms with Crippen LogP contribution in [0.2, 0.25) is 0 Å². The standard InChI is InChI=1S/C16H21NO/c1-11-10-12(2)14(4)16(13(11)3)8-6-7-9-17-15(5)18/h10H,7,9H2,1-5H3,(H,17,18). The van der Waals surface area contributed by atoms with Gasteiger partial charge in [-0.15, -0.1) is 0 Å². The van der Waals surface area contributed by atoms with Gasteiger partial charge in [0, 0.05) is 25.5 Å². The van der Waals surface area contributed by atoms with Gasteiger partial charge in [0.25, 0.3) is 0 Å². The third kappa shape index (κ3) is 3.63. The Labute approximate surface area is 110 Å². The van der Waals surface area contributed by atoms with E-state index in [0.717, 1.165) is 5.56 Å². The highest BCUT2D eigenvalue weighted by atomic mass is 16.1. The second-order valence-electron chi connectivity index (χ2n) is 4.67. The van der Waals surface area contributed by atoms with Crippen LogP contribution in [0.3, 0.4) is 0 Å². The highest BCUT2D eigenvalue weighted by Gasteiger charge is 2.05. The Kier molecular flexibility index (Phi) is 4.97. The summed E-state index contributed by atoms with van der Waals surface area (Å²) in [6.07, 6.45) is 0.686. The van der Waals surface area contributed by atoms with Gasteiger partial charge in [-0.3, -0.25) is 4.79 Å². The second-order valence-corrected chi connectivity index (χ2v) is 4.67. The molecular weight excluding hydrogens is 222 g/mol. The predicted octanol–water partition coefficient (Wildman–Crippen LogP) is 2.80. The summed E-state index contributed by atoms with van der Waals surface area (Å²) in [5.41, 5.74) is 6.21. The van der Waals surface area contributed by atoms with Crippen molar-refractivity contribution in [1.82, 2.24) is 5.32 Å². The van der Waals surface area contributed by atoms with Gasteiger partial charge in [0.1, 0.15) is 0 Å². The number of aryl methyl sites for hydroxylation is 2. The first-order chi connectivity index (χ1) is 8.43. The van der Waals surface area contributed by atoms with Gasteiger partial charge >= 0.3 is 0 Å². The van der Waals surface area contributed by atoms with E-state index in [-0.39, 0.29) is 5.91 Å². The number of carbonyl (C=O) groups excluding carboxylic acids is 1. The van der Waals surface area contributed by atoms with Crippen molar-refractivity contribution in [1.29, 1.82) is 0 Å². The fraction of sp³-hybridized carbons (Fsp3) is 0.438. The van der Waals surface area contributed by atoms with Crippen molar-refractivity contribution in [2.45, 2.75) is 41.0 Å². The molecule has 0 saturated heterocycles. The Hall–Kier alpha value is -1.75. The Bertz CT molecular complexity index is 492. The van der Waals surface area contributed by atoms with Crippen LogP contribution in [0.25, 0.3) is 0 Å². The summed E-state index contributed by atoms with van der Waals surface area (Å²) in [5.74, 6) is 6.36. The van der Waals surface area contributed by atoms with E-state index in [0.29, 0.717) is 13.0 Å². The lowest BCUT2D eigenvalue weighted by atomic mass is 9.94. The van der Waals surface area contributed by atoms with Crippen molar-refractivity contribution in [3.05, 3.63) is 33.9 Å². The molecule has 1 rings (SSSR count). The van der Waals surface area contributed by atoms with Gasteiger partial charge in [0.2, 0.25) is 5.91 Å². The number of hydrogen-bond donors (Lipinski definition) is 1. The molecule has 0 fully saturated rings. The average Bonchev–Trinajstić information content (AvgIpc) is 2.30. The van der Waals surface area contributed by atoms with Crippen LogP contribution in [0.1, 0.15) is 41.2 Å². The number of carbonyl (C=O) groups is 1. The zero-order chi connectivity index (χ0) is 13.7. The molecule has 1 N–H and O–H groups in total. The summed E-state index contributed by atoms with van der Waals surface area (Å²) in [4.78, 5) is 10.7. The van der Waals surface area contributed by atoms with Crippen LogP contribution in [-0.2, 0) is 4.79 Å². The molecule has 0 aliphatic carbocycles. The normalized spacial score (nSPS) is 9.61. The van der Waals surface area contributed by atoms with Crippen molar-refractivity contribution < 1.29 is 4.79 Å². The SMILES string of the molecule is CC(=O)NCCC#Cc1c(C)c(C)cc(C)c1C. The molecule has 0 heterocycles. The largest absolute Gasteiger partial charge is 0.355 e. The first kappa shape index (κ1) is 14.3. The molecule has 0 aliphatic rings. The van der Waals surface area contributed by atoms with E-state index >= 15 is 0 Å². The molecule has 1 aromatic rings. The predicted molar refractivity (Wildman–Crippen MR) is 75.6 cm³/mol. The van der Waals surface area contributed by atoms with E-state index in [4.69, 9.17) is 0 Å². The van der Waals surface area contributed by atoms with Crippen molar-refractivity contribution in [3.8, 4) is 11.8 Å². The lowest BCUT2D eigenvalue weighted by Crippen LogP contribution is -2.20. The zero-order valence-corrected chi connectivity index (χ0v) is 11.9. The van der Waals surface area contributed by atoms with Gasteiger partial charge in [-0.05, 0) is 49.9 Å². The molecule has 0 spiro atoms. The molecule has 0 aliphatic heterocycles. The topological polar surface area (TPSA) is 29.1 Å².